The number of nitrogens with zero attached hydrogens (tertiary/aromatic N) is 3. The van der Waals surface area contributed by atoms with Crippen molar-refractivity contribution in [1.29, 1.82) is 0 Å². The smallest absolute Gasteiger partial charge is 0.410 e. The monoisotopic (exact) mass is 344 g/mol. The minimum absolute atomic E-state index is 0.322. The van der Waals surface area contributed by atoms with Crippen LogP contribution in [0.15, 0.2) is 36.8 Å². The van der Waals surface area contributed by atoms with Gasteiger partial charge in [-0.1, -0.05) is 12.1 Å². The van der Waals surface area contributed by atoms with Gasteiger partial charge in [-0.15, -0.1) is 0 Å². The first-order valence-electron chi connectivity index (χ1n) is 8.54. The first-order chi connectivity index (χ1) is 11.8. The summed E-state index contributed by atoms with van der Waals surface area (Å²) < 4.78 is 7.49. The van der Waals surface area contributed by atoms with E-state index in [1.54, 1.807) is 11.9 Å². The molecule has 6 heteroatoms. The van der Waals surface area contributed by atoms with Crippen LogP contribution in [0.5, 0.6) is 0 Å². The number of rotatable bonds is 6. The normalized spacial score (nSPS) is 11.2. The molecule has 0 spiro atoms. The van der Waals surface area contributed by atoms with Gasteiger partial charge in [0.05, 0.1) is 18.6 Å². The minimum Gasteiger partial charge on any atom is -0.444 e. The molecule has 1 amide bonds. The number of benzene rings is 1. The van der Waals surface area contributed by atoms with Crippen molar-refractivity contribution >= 4 is 11.8 Å². The standard InChI is InChI=1S/C19H28N4O2/c1-6-23-14-20-11-17(23)12-21-16-9-7-8-15(10-16)13-22(5)18(24)25-19(2,3)4/h7-11,14,21H,6,12-13H2,1-5H3. The van der Waals surface area contributed by atoms with Crippen molar-refractivity contribution in [3.8, 4) is 0 Å². The largest absolute Gasteiger partial charge is 0.444 e. The summed E-state index contributed by atoms with van der Waals surface area (Å²) in [4.78, 5) is 17.8. The summed E-state index contributed by atoms with van der Waals surface area (Å²) in [5.74, 6) is 0. The maximum absolute atomic E-state index is 12.1. The summed E-state index contributed by atoms with van der Waals surface area (Å²) in [5, 5.41) is 3.41. The van der Waals surface area contributed by atoms with Crippen molar-refractivity contribution in [3.05, 3.63) is 48.0 Å². The second-order valence-electron chi connectivity index (χ2n) is 7.06. The van der Waals surface area contributed by atoms with Crippen LogP contribution in [0, 0.1) is 0 Å². The Bertz CT molecular complexity index is 703. The Balaban J connectivity index is 1.95. The van der Waals surface area contributed by atoms with E-state index in [0.29, 0.717) is 13.1 Å². The Morgan fingerprint density at radius 3 is 2.80 bits per heavy atom. The highest BCUT2D eigenvalue weighted by atomic mass is 16.6. The molecule has 0 atom stereocenters. The number of carbonyl (C=O) groups excluding carboxylic acids is 1. The molecule has 6 nitrogen and oxygen atoms in total. The predicted molar refractivity (Wildman–Crippen MR) is 99.4 cm³/mol. The molecule has 0 aliphatic heterocycles. The average molecular weight is 344 g/mol. The van der Waals surface area contributed by atoms with Crippen molar-refractivity contribution in [2.75, 3.05) is 12.4 Å². The Hall–Kier alpha value is -2.50. The van der Waals surface area contributed by atoms with Crippen molar-refractivity contribution in [3.63, 3.8) is 0 Å². The van der Waals surface area contributed by atoms with E-state index >= 15 is 0 Å². The summed E-state index contributed by atoms with van der Waals surface area (Å²) >= 11 is 0. The minimum atomic E-state index is -0.489. The van der Waals surface area contributed by atoms with Crippen LogP contribution in [-0.4, -0.2) is 33.2 Å². The van der Waals surface area contributed by atoms with Crippen molar-refractivity contribution < 1.29 is 9.53 Å². The Morgan fingerprint density at radius 1 is 1.36 bits per heavy atom. The van der Waals surface area contributed by atoms with Crippen LogP contribution in [0.25, 0.3) is 0 Å². The van der Waals surface area contributed by atoms with Crippen LogP contribution in [0.4, 0.5) is 10.5 Å². The molecule has 1 aromatic heterocycles. The van der Waals surface area contributed by atoms with Gasteiger partial charge in [-0.05, 0) is 45.4 Å². The van der Waals surface area contributed by atoms with E-state index in [0.717, 1.165) is 23.5 Å². The SMILES string of the molecule is CCn1cncc1CNc1cccc(CN(C)C(=O)OC(C)(C)C)c1. The van der Waals surface area contributed by atoms with Gasteiger partial charge in [0.2, 0.25) is 0 Å². The molecular weight excluding hydrogens is 316 g/mol. The molecule has 2 rings (SSSR count). The second-order valence-corrected chi connectivity index (χ2v) is 7.06. The van der Waals surface area contributed by atoms with Crippen molar-refractivity contribution in [2.24, 2.45) is 0 Å². The number of hydrogen-bond acceptors (Lipinski definition) is 4. The van der Waals surface area contributed by atoms with E-state index in [9.17, 15) is 4.79 Å². The molecule has 0 saturated heterocycles. The number of imidazole rings is 1. The summed E-state index contributed by atoms with van der Waals surface area (Å²) in [6, 6.07) is 8.05. The zero-order valence-corrected chi connectivity index (χ0v) is 15.7. The summed E-state index contributed by atoms with van der Waals surface area (Å²) in [6.45, 7) is 9.80. The highest BCUT2D eigenvalue weighted by Crippen LogP contribution is 2.15. The van der Waals surface area contributed by atoms with Gasteiger partial charge in [0.25, 0.3) is 0 Å². The fraction of sp³-hybridized carbons (Fsp3) is 0.474. The first kappa shape index (κ1) is 18.8. The van der Waals surface area contributed by atoms with Crippen LogP contribution < -0.4 is 5.32 Å². The van der Waals surface area contributed by atoms with E-state index < -0.39 is 5.60 Å². The van der Waals surface area contributed by atoms with Gasteiger partial charge >= 0.3 is 6.09 Å². The summed E-state index contributed by atoms with van der Waals surface area (Å²) in [6.07, 6.45) is 3.39. The second kappa shape index (κ2) is 8.05. The molecule has 0 aliphatic carbocycles. The third-order valence-corrected chi connectivity index (χ3v) is 3.66. The molecule has 0 aliphatic rings. The molecule has 25 heavy (non-hydrogen) atoms. The van der Waals surface area contributed by atoms with Gasteiger partial charge < -0.3 is 19.5 Å². The van der Waals surface area contributed by atoms with Gasteiger partial charge in [0.1, 0.15) is 5.60 Å². The van der Waals surface area contributed by atoms with Gasteiger partial charge in [-0.25, -0.2) is 9.78 Å². The quantitative estimate of drug-likeness (QED) is 0.864. The Kier molecular flexibility index (Phi) is 6.07. The van der Waals surface area contributed by atoms with Crippen LogP contribution in [-0.2, 0) is 24.4 Å². The maximum atomic E-state index is 12.1. The number of aromatic nitrogens is 2. The Labute approximate surface area is 149 Å². The van der Waals surface area contributed by atoms with E-state index in [-0.39, 0.29) is 6.09 Å². The number of amides is 1. The average Bonchev–Trinajstić information content (AvgIpc) is 2.99. The number of ether oxygens (including phenoxy) is 1. The third-order valence-electron chi connectivity index (χ3n) is 3.66. The third kappa shape index (κ3) is 5.81. The summed E-state index contributed by atoms with van der Waals surface area (Å²) in [7, 11) is 1.74. The van der Waals surface area contributed by atoms with Crippen LogP contribution in [0.1, 0.15) is 39.0 Å². The van der Waals surface area contributed by atoms with Gasteiger partial charge in [0.15, 0.2) is 0 Å². The maximum Gasteiger partial charge on any atom is 0.410 e. The van der Waals surface area contributed by atoms with Crippen LogP contribution in [0.2, 0.25) is 0 Å². The molecule has 1 heterocycles. The molecule has 136 valence electrons. The molecule has 1 N–H and O–H groups in total. The van der Waals surface area contributed by atoms with Crippen molar-refractivity contribution in [2.45, 2.75) is 52.9 Å². The number of hydrogen-bond donors (Lipinski definition) is 1. The van der Waals surface area contributed by atoms with Gasteiger partial charge in [-0.2, -0.15) is 0 Å². The van der Waals surface area contributed by atoms with E-state index in [1.165, 1.54) is 0 Å². The predicted octanol–water partition coefficient (Wildman–Crippen LogP) is 3.88. The van der Waals surface area contributed by atoms with Gasteiger partial charge in [-0.3, -0.25) is 0 Å². The molecule has 0 radical (unpaired) electrons. The number of carbonyl (C=O) groups is 1. The van der Waals surface area contributed by atoms with Crippen LogP contribution >= 0.6 is 0 Å². The van der Waals surface area contributed by atoms with Crippen molar-refractivity contribution in [1.82, 2.24) is 14.5 Å². The molecule has 1 aromatic carbocycles. The zero-order chi connectivity index (χ0) is 18.4. The molecule has 0 fully saturated rings. The number of anilines is 1. The lowest BCUT2D eigenvalue weighted by atomic mass is 10.2. The number of aryl methyl sites for hydroxylation is 1. The lowest BCUT2D eigenvalue weighted by Gasteiger charge is -2.24. The van der Waals surface area contributed by atoms with E-state index in [1.807, 2.05) is 57.6 Å². The number of nitrogens with one attached hydrogen (secondary N) is 1. The molecule has 2 aromatic rings. The highest BCUT2D eigenvalue weighted by molar-refractivity contribution is 5.67. The molecule has 0 bridgehead atoms. The fourth-order valence-electron chi connectivity index (χ4n) is 2.43. The summed E-state index contributed by atoms with van der Waals surface area (Å²) in [5.41, 5.74) is 2.71. The zero-order valence-electron chi connectivity index (χ0n) is 15.7. The highest BCUT2D eigenvalue weighted by Gasteiger charge is 2.19. The first-order valence-corrected chi connectivity index (χ1v) is 8.54. The topological polar surface area (TPSA) is 59.4 Å². The molecule has 0 saturated carbocycles. The van der Waals surface area contributed by atoms with Crippen LogP contribution in [0.3, 0.4) is 0 Å². The molecular formula is C19H28N4O2. The van der Waals surface area contributed by atoms with Gasteiger partial charge in [0, 0.05) is 32.0 Å². The lowest BCUT2D eigenvalue weighted by Crippen LogP contribution is -2.33. The molecule has 0 unspecified atom stereocenters. The lowest BCUT2D eigenvalue weighted by molar-refractivity contribution is 0.0285. The fourth-order valence-corrected chi connectivity index (χ4v) is 2.43. The van der Waals surface area contributed by atoms with E-state index in [4.69, 9.17) is 4.74 Å². The Morgan fingerprint density at radius 2 is 2.12 bits per heavy atom. The van der Waals surface area contributed by atoms with E-state index in [2.05, 4.69) is 21.8 Å².